The number of aromatic nitrogens is 1. The van der Waals surface area contributed by atoms with Gasteiger partial charge in [0.25, 0.3) is 0 Å². The summed E-state index contributed by atoms with van der Waals surface area (Å²) in [4.78, 5) is 14.1. The number of hydrogen-bond donors (Lipinski definition) is 2. The molecule has 3 nitrogen and oxygen atoms in total. The molecule has 0 aliphatic carbocycles. The second-order valence-corrected chi connectivity index (χ2v) is 3.33. The van der Waals surface area contributed by atoms with E-state index < -0.39 is 6.04 Å². The molecule has 0 spiro atoms. The van der Waals surface area contributed by atoms with Crippen molar-refractivity contribution in [2.24, 2.45) is 5.73 Å². The first-order valence-corrected chi connectivity index (χ1v) is 4.43. The van der Waals surface area contributed by atoms with Crippen LogP contribution < -0.4 is 5.73 Å². The summed E-state index contributed by atoms with van der Waals surface area (Å²) in [6, 6.07) is 8.16. The third kappa shape index (κ3) is 1.42. The Bertz CT molecular complexity index is 473. The van der Waals surface area contributed by atoms with E-state index in [4.69, 9.17) is 5.73 Å². The molecule has 0 saturated carbocycles. The zero-order chi connectivity index (χ0) is 10.1. The Morgan fingerprint density at radius 3 is 3.07 bits per heavy atom. The van der Waals surface area contributed by atoms with Gasteiger partial charge in [0.15, 0.2) is 5.78 Å². The zero-order valence-electron chi connectivity index (χ0n) is 7.87. The summed E-state index contributed by atoms with van der Waals surface area (Å²) in [7, 11) is 0. The maximum Gasteiger partial charge on any atom is 0.150 e. The number of aromatic amines is 1. The number of benzene rings is 1. The molecule has 1 radical (unpaired) electrons. The molecule has 14 heavy (non-hydrogen) atoms. The minimum Gasteiger partial charge on any atom is -0.361 e. The Morgan fingerprint density at radius 2 is 2.36 bits per heavy atom. The number of nitrogens with two attached hydrogens (primary N) is 1. The lowest BCUT2D eigenvalue weighted by Gasteiger charge is -2.07. The van der Waals surface area contributed by atoms with Crippen LogP contribution in [0.5, 0.6) is 0 Å². The number of carbonyl (C=O) groups excluding carboxylic acids is 1. The summed E-state index contributed by atoms with van der Waals surface area (Å²) >= 11 is 0. The number of Topliss-reactive ketones (excluding diaryl/α,β-unsaturated/α-hetero) is 1. The molecule has 2 rings (SSSR count). The van der Waals surface area contributed by atoms with Gasteiger partial charge in [-0.3, -0.25) is 4.79 Å². The van der Waals surface area contributed by atoms with Gasteiger partial charge in [-0.05, 0) is 24.6 Å². The molecule has 0 aliphatic rings. The van der Waals surface area contributed by atoms with Gasteiger partial charge in [0.2, 0.25) is 0 Å². The highest BCUT2D eigenvalue weighted by molar-refractivity contribution is 5.85. The molecule has 71 valence electrons. The number of H-pyrrole nitrogens is 1. The number of rotatable bonds is 2. The van der Waals surface area contributed by atoms with E-state index in [0.29, 0.717) is 0 Å². The molecular formula is C11H11N2O. The van der Waals surface area contributed by atoms with Crippen LogP contribution in [0.3, 0.4) is 0 Å². The van der Waals surface area contributed by atoms with Crippen LogP contribution in [0.2, 0.25) is 0 Å². The summed E-state index contributed by atoms with van der Waals surface area (Å²) in [6.45, 7) is 1.50. The van der Waals surface area contributed by atoms with Gasteiger partial charge in [-0.25, -0.2) is 0 Å². The van der Waals surface area contributed by atoms with E-state index >= 15 is 0 Å². The van der Waals surface area contributed by atoms with Crippen molar-refractivity contribution in [3.8, 4) is 0 Å². The summed E-state index contributed by atoms with van der Waals surface area (Å²) in [5, 5.41) is 0.958. The monoisotopic (exact) mass is 187 g/mol. The van der Waals surface area contributed by atoms with Crippen molar-refractivity contribution in [2.45, 2.75) is 13.0 Å². The first-order valence-electron chi connectivity index (χ1n) is 4.43. The van der Waals surface area contributed by atoms with Crippen LogP contribution in [-0.4, -0.2) is 10.8 Å². The Balaban J connectivity index is 2.48. The topological polar surface area (TPSA) is 58.9 Å². The average Bonchev–Trinajstić information content (AvgIpc) is 2.62. The van der Waals surface area contributed by atoms with Gasteiger partial charge in [0.1, 0.15) is 0 Å². The molecule has 3 N–H and O–H groups in total. The van der Waals surface area contributed by atoms with Gasteiger partial charge in [-0.2, -0.15) is 0 Å². The van der Waals surface area contributed by atoms with Crippen LogP contribution in [0.4, 0.5) is 0 Å². The van der Waals surface area contributed by atoms with Gasteiger partial charge in [-0.1, -0.05) is 6.07 Å². The molecule has 1 atom stereocenters. The lowest BCUT2D eigenvalue weighted by molar-refractivity contribution is -0.118. The predicted molar refractivity (Wildman–Crippen MR) is 54.7 cm³/mol. The van der Waals surface area contributed by atoms with E-state index in [9.17, 15) is 4.79 Å². The summed E-state index contributed by atoms with van der Waals surface area (Å²) in [5.74, 6) is -0.0279. The largest absolute Gasteiger partial charge is 0.361 e. The van der Waals surface area contributed by atoms with E-state index in [0.717, 1.165) is 16.5 Å². The number of carbonyl (C=O) groups is 1. The third-order valence-corrected chi connectivity index (χ3v) is 2.30. The number of ketones is 1. The van der Waals surface area contributed by atoms with Crippen LogP contribution in [0.25, 0.3) is 10.9 Å². The minimum absolute atomic E-state index is 0.0279. The average molecular weight is 187 g/mol. The van der Waals surface area contributed by atoms with Crippen molar-refractivity contribution in [1.29, 1.82) is 0 Å². The van der Waals surface area contributed by atoms with Gasteiger partial charge in [0, 0.05) is 23.2 Å². The van der Waals surface area contributed by atoms with Gasteiger partial charge in [0.05, 0.1) is 6.04 Å². The molecular weight excluding hydrogens is 176 g/mol. The molecule has 2 aromatic rings. The Kier molecular flexibility index (Phi) is 2.09. The smallest absolute Gasteiger partial charge is 0.150 e. The SMILES string of the molecule is CC(=O)C(N)c1ccc2[nH]c[c]c2c1. The fraction of sp³-hybridized carbons (Fsp3) is 0.182. The molecule has 0 amide bonds. The fourth-order valence-corrected chi connectivity index (χ4v) is 1.43. The summed E-state index contributed by atoms with van der Waals surface area (Å²) in [6.07, 6.45) is 1.74. The van der Waals surface area contributed by atoms with E-state index in [-0.39, 0.29) is 5.78 Å². The van der Waals surface area contributed by atoms with Crippen LogP contribution >= 0.6 is 0 Å². The van der Waals surface area contributed by atoms with Crippen LogP contribution in [0, 0.1) is 6.07 Å². The van der Waals surface area contributed by atoms with E-state index in [1.165, 1.54) is 6.92 Å². The zero-order valence-corrected chi connectivity index (χ0v) is 7.87. The third-order valence-electron chi connectivity index (χ3n) is 2.30. The molecule has 0 fully saturated rings. The molecule has 1 aromatic carbocycles. The lowest BCUT2D eigenvalue weighted by atomic mass is 10.0. The quantitative estimate of drug-likeness (QED) is 0.749. The van der Waals surface area contributed by atoms with Gasteiger partial charge >= 0.3 is 0 Å². The van der Waals surface area contributed by atoms with E-state index in [1.807, 2.05) is 18.2 Å². The van der Waals surface area contributed by atoms with Crippen molar-refractivity contribution < 1.29 is 4.79 Å². The molecule has 1 heterocycles. The highest BCUT2D eigenvalue weighted by Crippen LogP contribution is 2.18. The van der Waals surface area contributed by atoms with E-state index in [1.54, 1.807) is 6.20 Å². The number of fused-ring (bicyclic) bond motifs is 1. The predicted octanol–water partition coefficient (Wildman–Crippen LogP) is 1.56. The first-order chi connectivity index (χ1) is 6.68. The van der Waals surface area contributed by atoms with Crippen LogP contribution in [-0.2, 0) is 4.79 Å². The minimum atomic E-state index is -0.525. The second kappa shape index (κ2) is 3.27. The standard InChI is InChI=1S/C11H11N2O/c1-7(14)11(12)9-2-3-10-8(6-9)4-5-13-10/h2-3,5-6,11,13H,12H2,1H3. The maximum absolute atomic E-state index is 11.1. The maximum atomic E-state index is 11.1. The fourth-order valence-electron chi connectivity index (χ4n) is 1.43. The molecule has 0 bridgehead atoms. The highest BCUT2D eigenvalue weighted by atomic mass is 16.1. The normalized spacial score (nSPS) is 13.0. The summed E-state index contributed by atoms with van der Waals surface area (Å²) < 4.78 is 0. The lowest BCUT2D eigenvalue weighted by Crippen LogP contribution is -2.18. The van der Waals surface area contributed by atoms with Gasteiger partial charge < -0.3 is 10.7 Å². The Hall–Kier alpha value is -1.61. The molecule has 1 aromatic heterocycles. The van der Waals surface area contributed by atoms with Crippen molar-refractivity contribution in [1.82, 2.24) is 4.98 Å². The Labute approximate surface area is 81.9 Å². The summed E-state index contributed by atoms with van der Waals surface area (Å²) in [5.41, 5.74) is 7.56. The number of hydrogen-bond acceptors (Lipinski definition) is 2. The van der Waals surface area contributed by atoms with Crippen molar-refractivity contribution in [2.75, 3.05) is 0 Å². The van der Waals surface area contributed by atoms with Crippen molar-refractivity contribution in [3.05, 3.63) is 36.0 Å². The Morgan fingerprint density at radius 1 is 1.57 bits per heavy atom. The first kappa shape index (κ1) is 8.97. The molecule has 1 unspecified atom stereocenters. The second-order valence-electron chi connectivity index (χ2n) is 3.33. The van der Waals surface area contributed by atoms with Crippen LogP contribution in [0.15, 0.2) is 24.4 Å². The van der Waals surface area contributed by atoms with Crippen molar-refractivity contribution in [3.63, 3.8) is 0 Å². The highest BCUT2D eigenvalue weighted by Gasteiger charge is 2.11. The van der Waals surface area contributed by atoms with E-state index in [2.05, 4.69) is 11.1 Å². The molecule has 0 saturated heterocycles. The van der Waals surface area contributed by atoms with Crippen molar-refractivity contribution >= 4 is 16.7 Å². The van der Waals surface area contributed by atoms with Crippen LogP contribution in [0.1, 0.15) is 18.5 Å². The number of nitrogens with one attached hydrogen (secondary N) is 1. The molecule has 3 heteroatoms. The van der Waals surface area contributed by atoms with Gasteiger partial charge in [-0.15, -0.1) is 0 Å². The molecule has 0 aliphatic heterocycles.